The molecule has 5 aromatic heterocycles. The first-order valence-electron chi connectivity index (χ1n) is 12.7. The Labute approximate surface area is 226 Å². The van der Waals surface area contributed by atoms with Crippen LogP contribution in [0.25, 0.3) is 49.7 Å². The molecule has 3 N–H and O–H groups in total. The molecule has 192 valence electrons. The van der Waals surface area contributed by atoms with E-state index in [2.05, 4.69) is 64.6 Å². The number of rotatable bonds is 10. The van der Waals surface area contributed by atoms with Gasteiger partial charge in [-0.25, -0.2) is 15.0 Å². The van der Waals surface area contributed by atoms with Crippen LogP contribution in [0.3, 0.4) is 0 Å². The topological polar surface area (TPSA) is 95.2 Å². The third-order valence-corrected chi connectivity index (χ3v) is 7.35. The van der Waals surface area contributed by atoms with Gasteiger partial charge in [0.05, 0.1) is 16.7 Å². The monoisotopic (exact) mass is 521 g/mol. The fourth-order valence-electron chi connectivity index (χ4n) is 4.31. The second-order valence-corrected chi connectivity index (χ2v) is 10.4. The van der Waals surface area contributed by atoms with E-state index in [-0.39, 0.29) is 0 Å². The third kappa shape index (κ3) is 5.08. The average molecular weight is 522 g/mol. The van der Waals surface area contributed by atoms with Gasteiger partial charge in [-0.15, -0.1) is 11.3 Å². The van der Waals surface area contributed by atoms with Crippen molar-refractivity contribution in [2.75, 3.05) is 0 Å². The number of H-pyrrole nitrogens is 2. The summed E-state index contributed by atoms with van der Waals surface area (Å²) < 4.78 is 0. The maximum atomic E-state index is 4.98. The lowest BCUT2D eigenvalue weighted by Crippen LogP contribution is -2.10. The van der Waals surface area contributed by atoms with Crippen LogP contribution in [-0.2, 0) is 0 Å². The number of pyridine rings is 2. The largest absolute Gasteiger partial charge is 0.359 e. The molecule has 0 unspecified atom stereocenters. The van der Waals surface area contributed by atoms with Crippen LogP contribution in [0.2, 0.25) is 0 Å². The van der Waals surface area contributed by atoms with Crippen LogP contribution in [0.1, 0.15) is 43.7 Å². The lowest BCUT2D eigenvalue weighted by Gasteiger charge is -2.11. The summed E-state index contributed by atoms with van der Waals surface area (Å²) in [6.45, 7) is 14.4. The molecular weight excluding hydrogens is 490 g/mol. The van der Waals surface area contributed by atoms with Crippen LogP contribution in [0.15, 0.2) is 79.3 Å². The predicted molar refractivity (Wildman–Crippen MR) is 159 cm³/mol. The average Bonchev–Trinajstić information content (AvgIpc) is 3.66. The lowest BCUT2D eigenvalue weighted by molar-refractivity contribution is 0.751. The van der Waals surface area contributed by atoms with Crippen molar-refractivity contribution in [3.05, 3.63) is 89.9 Å². The number of unbranched alkanes of at least 4 members (excludes halogenated alkanes) is 1. The molecule has 0 saturated carbocycles. The van der Waals surface area contributed by atoms with Crippen molar-refractivity contribution in [2.45, 2.75) is 40.0 Å². The normalized spacial score (nSPS) is 12.4. The van der Waals surface area contributed by atoms with Gasteiger partial charge in [-0.2, -0.15) is 5.10 Å². The minimum Gasteiger partial charge on any atom is -0.359 e. The summed E-state index contributed by atoms with van der Waals surface area (Å²) in [5, 5.41) is 11.0. The summed E-state index contributed by atoms with van der Waals surface area (Å²) in [6.07, 6.45) is 10.8. The van der Waals surface area contributed by atoms with E-state index in [9.17, 15) is 0 Å². The van der Waals surface area contributed by atoms with E-state index in [0.717, 1.165) is 64.0 Å². The highest BCUT2D eigenvalue weighted by Gasteiger charge is 2.18. The van der Waals surface area contributed by atoms with E-state index in [0.29, 0.717) is 17.2 Å². The van der Waals surface area contributed by atoms with Crippen molar-refractivity contribution >= 4 is 39.1 Å². The van der Waals surface area contributed by atoms with Crippen LogP contribution < -0.4 is 5.32 Å². The van der Waals surface area contributed by atoms with E-state index in [1.807, 2.05) is 37.3 Å². The molecule has 38 heavy (non-hydrogen) atoms. The molecule has 7 nitrogen and oxygen atoms in total. The number of hydrogen-bond donors (Lipinski definition) is 3. The van der Waals surface area contributed by atoms with Crippen molar-refractivity contribution in [1.29, 1.82) is 0 Å². The van der Waals surface area contributed by atoms with E-state index in [1.54, 1.807) is 23.6 Å². The second kappa shape index (κ2) is 11.0. The van der Waals surface area contributed by atoms with Crippen molar-refractivity contribution in [3.8, 4) is 22.0 Å². The Morgan fingerprint density at radius 3 is 2.76 bits per heavy atom. The molecule has 0 spiro atoms. The zero-order chi connectivity index (χ0) is 26.6. The zero-order valence-corrected chi connectivity index (χ0v) is 22.7. The van der Waals surface area contributed by atoms with E-state index < -0.39 is 0 Å². The smallest absolute Gasteiger partial charge is 0.178 e. The Morgan fingerprint density at radius 2 is 2.03 bits per heavy atom. The number of hydrogen-bond acceptors (Lipinski definition) is 6. The fraction of sp³-hybridized carbons (Fsp3) is 0.200. The number of nitrogens with zero attached hydrogens (tertiary/aromatic N) is 4. The summed E-state index contributed by atoms with van der Waals surface area (Å²) >= 11 is 1.75. The molecule has 5 aromatic rings. The van der Waals surface area contributed by atoms with Crippen LogP contribution in [0.5, 0.6) is 0 Å². The number of imidazole rings is 1. The summed E-state index contributed by atoms with van der Waals surface area (Å²) in [7, 11) is 0. The number of aryl methyl sites for hydroxylation is 1. The maximum Gasteiger partial charge on any atom is 0.178 e. The highest BCUT2D eigenvalue weighted by molar-refractivity contribution is 7.15. The van der Waals surface area contributed by atoms with Crippen molar-refractivity contribution in [2.24, 2.45) is 0 Å². The first-order valence-corrected chi connectivity index (χ1v) is 13.5. The molecule has 0 radical (unpaired) electrons. The number of thiophene rings is 1. The molecular formula is C30H31N7S. The van der Waals surface area contributed by atoms with Gasteiger partial charge in [0.1, 0.15) is 5.52 Å². The molecule has 0 saturated heterocycles. The Bertz CT molecular complexity index is 1700. The van der Waals surface area contributed by atoms with Crippen molar-refractivity contribution in [1.82, 2.24) is 35.5 Å². The fourth-order valence-corrected chi connectivity index (χ4v) is 5.21. The van der Waals surface area contributed by atoms with Gasteiger partial charge in [0.15, 0.2) is 17.2 Å². The van der Waals surface area contributed by atoms with Gasteiger partial charge in [0.25, 0.3) is 0 Å². The highest BCUT2D eigenvalue weighted by atomic mass is 32.1. The Morgan fingerprint density at radius 1 is 1.16 bits per heavy atom. The lowest BCUT2D eigenvalue weighted by atomic mass is 10.1. The molecule has 0 aliphatic heterocycles. The zero-order valence-electron chi connectivity index (χ0n) is 21.9. The van der Waals surface area contributed by atoms with Gasteiger partial charge >= 0.3 is 0 Å². The Hall–Kier alpha value is -4.30. The Kier molecular flexibility index (Phi) is 7.33. The summed E-state index contributed by atoms with van der Waals surface area (Å²) in [5.74, 6) is 0.627. The van der Waals surface area contributed by atoms with Gasteiger partial charge in [-0.05, 0) is 74.7 Å². The molecule has 0 fully saturated rings. The van der Waals surface area contributed by atoms with Gasteiger partial charge in [-0.3, -0.25) is 5.10 Å². The first kappa shape index (κ1) is 25.4. The molecule has 0 aliphatic carbocycles. The molecule has 5 rings (SSSR count). The van der Waals surface area contributed by atoms with Crippen LogP contribution in [-0.4, -0.2) is 30.1 Å². The molecule has 0 aromatic carbocycles. The standard InChI is InChI=1S/C30H31N7S/c1-6-9-10-18(4)32-21(8-3)17-20(7-2)23-12-13-24-27(33-23)28(37-36-24)30-34-26-22(15-16-31-29(26)35-30)25-14-11-19(5)38-25/h7-8,11-17,32H,3-4,6,9-10H2,1-2,5H3,(H,36,37)(H,31,34,35)/b20-7+,21-17+. The minimum absolute atomic E-state index is 0.627. The SMILES string of the molecule is C=C/C(=C\C(=C/C)c1ccc2[nH]nc(-c3nc4nccc(-c5ccc(C)s5)c4[nH]3)c2n1)NC(=C)CCCC. The highest BCUT2D eigenvalue weighted by Crippen LogP contribution is 2.34. The molecule has 0 atom stereocenters. The van der Waals surface area contributed by atoms with Crippen LogP contribution in [0.4, 0.5) is 0 Å². The maximum absolute atomic E-state index is 4.98. The predicted octanol–water partition coefficient (Wildman–Crippen LogP) is 7.70. The van der Waals surface area contributed by atoms with Gasteiger partial charge in [-0.1, -0.05) is 32.6 Å². The summed E-state index contributed by atoms with van der Waals surface area (Å²) in [5.41, 5.74) is 8.49. The van der Waals surface area contributed by atoms with E-state index in [1.165, 1.54) is 9.75 Å². The molecule has 8 heteroatoms. The Balaban J connectivity index is 1.51. The molecule has 0 aliphatic rings. The first-order chi connectivity index (χ1) is 18.5. The van der Waals surface area contributed by atoms with Crippen molar-refractivity contribution in [3.63, 3.8) is 0 Å². The number of aromatic nitrogens is 6. The van der Waals surface area contributed by atoms with Crippen LogP contribution in [0, 0.1) is 6.92 Å². The number of fused-ring (bicyclic) bond motifs is 2. The number of aromatic amines is 2. The van der Waals surface area contributed by atoms with Gasteiger partial charge in [0.2, 0.25) is 0 Å². The summed E-state index contributed by atoms with van der Waals surface area (Å²) in [4.78, 5) is 20.1. The second-order valence-electron chi connectivity index (χ2n) is 9.10. The molecule has 5 heterocycles. The molecule has 0 amide bonds. The number of allylic oxidation sites excluding steroid dienone is 5. The quantitative estimate of drug-likeness (QED) is 0.164. The van der Waals surface area contributed by atoms with E-state index in [4.69, 9.17) is 9.97 Å². The van der Waals surface area contributed by atoms with E-state index >= 15 is 0 Å². The third-order valence-electron chi connectivity index (χ3n) is 6.32. The van der Waals surface area contributed by atoms with Crippen molar-refractivity contribution < 1.29 is 0 Å². The van der Waals surface area contributed by atoms with Gasteiger partial charge in [0, 0.05) is 32.9 Å². The summed E-state index contributed by atoms with van der Waals surface area (Å²) in [6, 6.07) is 10.2. The van der Waals surface area contributed by atoms with Crippen LogP contribution >= 0.6 is 11.3 Å². The van der Waals surface area contributed by atoms with Gasteiger partial charge < -0.3 is 10.3 Å². The minimum atomic E-state index is 0.627. The molecule has 0 bridgehead atoms. The number of nitrogens with one attached hydrogen (secondary N) is 3.